The summed E-state index contributed by atoms with van der Waals surface area (Å²) >= 11 is 0. The maximum Gasteiger partial charge on any atom is 0.342 e. The minimum absolute atomic E-state index is 0.353. The van der Waals surface area contributed by atoms with Gasteiger partial charge >= 0.3 is 5.97 Å². The first-order chi connectivity index (χ1) is 8.10. The smallest absolute Gasteiger partial charge is 0.342 e. The predicted molar refractivity (Wildman–Crippen MR) is 67.1 cm³/mol. The molecule has 0 aliphatic rings. The second-order valence-corrected chi connectivity index (χ2v) is 4.04. The molecule has 0 saturated carbocycles. The normalized spacial score (nSPS) is 11.9. The molecule has 0 spiro atoms. The van der Waals surface area contributed by atoms with Crippen molar-refractivity contribution in [1.82, 2.24) is 0 Å². The Balaban J connectivity index is 2.78. The van der Waals surface area contributed by atoms with Crippen LogP contribution in [0.1, 0.15) is 30.6 Å². The van der Waals surface area contributed by atoms with E-state index in [9.17, 15) is 4.79 Å². The van der Waals surface area contributed by atoms with Crippen molar-refractivity contribution in [3.05, 3.63) is 23.8 Å². The van der Waals surface area contributed by atoms with Crippen LogP contribution in [0.25, 0.3) is 0 Å². The third-order valence-corrected chi connectivity index (χ3v) is 2.67. The van der Waals surface area contributed by atoms with Gasteiger partial charge in [0.05, 0.1) is 19.4 Å². The molecule has 4 nitrogen and oxygen atoms in total. The lowest BCUT2D eigenvalue weighted by molar-refractivity contribution is 0.0443. The van der Waals surface area contributed by atoms with Crippen molar-refractivity contribution < 1.29 is 14.3 Å². The van der Waals surface area contributed by atoms with Gasteiger partial charge in [0, 0.05) is 0 Å². The molecule has 0 radical (unpaired) electrons. The molecule has 1 atom stereocenters. The van der Waals surface area contributed by atoms with Gasteiger partial charge in [-0.2, -0.15) is 0 Å². The van der Waals surface area contributed by atoms with E-state index in [-0.39, 0.29) is 0 Å². The first-order valence-electron chi connectivity index (χ1n) is 5.69. The van der Waals surface area contributed by atoms with Gasteiger partial charge in [-0.15, -0.1) is 0 Å². The van der Waals surface area contributed by atoms with Crippen molar-refractivity contribution in [2.75, 3.05) is 19.5 Å². The van der Waals surface area contributed by atoms with Gasteiger partial charge in [-0.3, -0.25) is 0 Å². The van der Waals surface area contributed by atoms with Crippen LogP contribution in [-0.2, 0) is 4.74 Å². The molecule has 0 heterocycles. The highest BCUT2D eigenvalue weighted by Gasteiger charge is 2.16. The van der Waals surface area contributed by atoms with Crippen LogP contribution in [0.15, 0.2) is 18.2 Å². The highest BCUT2D eigenvalue weighted by molar-refractivity contribution is 5.94. The van der Waals surface area contributed by atoms with E-state index in [1.54, 1.807) is 18.2 Å². The number of carbonyl (C=O) groups excluding carboxylic acids is 1. The SMILES string of the molecule is CCC(C)COC(=O)c1cccc(N)c1OC. The molecule has 4 heteroatoms. The molecular weight excluding hydrogens is 218 g/mol. The van der Waals surface area contributed by atoms with Crippen LogP contribution in [0.4, 0.5) is 5.69 Å². The molecule has 0 amide bonds. The summed E-state index contributed by atoms with van der Waals surface area (Å²) in [7, 11) is 1.48. The number of benzene rings is 1. The van der Waals surface area contributed by atoms with Gasteiger partial charge in [-0.1, -0.05) is 26.3 Å². The van der Waals surface area contributed by atoms with E-state index in [1.807, 2.05) is 6.92 Å². The fourth-order valence-electron chi connectivity index (χ4n) is 1.36. The number of anilines is 1. The maximum absolute atomic E-state index is 11.8. The van der Waals surface area contributed by atoms with Crippen LogP contribution in [0, 0.1) is 5.92 Å². The summed E-state index contributed by atoms with van der Waals surface area (Å²) in [6.45, 7) is 4.50. The van der Waals surface area contributed by atoms with Gasteiger partial charge < -0.3 is 15.2 Å². The summed E-state index contributed by atoms with van der Waals surface area (Å²) < 4.78 is 10.3. The van der Waals surface area contributed by atoms with Crippen LogP contribution in [0.2, 0.25) is 0 Å². The lowest BCUT2D eigenvalue weighted by Crippen LogP contribution is -2.13. The molecule has 0 aromatic heterocycles. The van der Waals surface area contributed by atoms with E-state index in [0.717, 1.165) is 6.42 Å². The summed E-state index contributed by atoms with van der Waals surface area (Å²) in [6.07, 6.45) is 0.974. The van der Waals surface area contributed by atoms with Crippen LogP contribution >= 0.6 is 0 Å². The average molecular weight is 237 g/mol. The number of ether oxygens (including phenoxy) is 2. The van der Waals surface area contributed by atoms with Gasteiger partial charge in [-0.25, -0.2) is 4.79 Å². The van der Waals surface area contributed by atoms with Crippen molar-refractivity contribution in [3.8, 4) is 5.75 Å². The van der Waals surface area contributed by atoms with Crippen LogP contribution in [-0.4, -0.2) is 19.7 Å². The van der Waals surface area contributed by atoms with E-state index in [4.69, 9.17) is 15.2 Å². The minimum atomic E-state index is -0.394. The molecule has 94 valence electrons. The number of methoxy groups -OCH3 is 1. The first kappa shape index (κ1) is 13.4. The van der Waals surface area contributed by atoms with E-state index < -0.39 is 5.97 Å². The van der Waals surface area contributed by atoms with Gasteiger partial charge in [0.2, 0.25) is 0 Å². The minimum Gasteiger partial charge on any atom is -0.494 e. The lowest BCUT2D eigenvalue weighted by Gasteiger charge is -2.12. The van der Waals surface area contributed by atoms with Crippen molar-refractivity contribution in [2.24, 2.45) is 5.92 Å². The number of esters is 1. The Hall–Kier alpha value is -1.71. The summed E-state index contributed by atoms with van der Waals surface area (Å²) in [5, 5.41) is 0. The fraction of sp³-hybridized carbons (Fsp3) is 0.462. The summed E-state index contributed by atoms with van der Waals surface area (Å²) in [5.41, 5.74) is 6.53. The number of nitrogens with two attached hydrogens (primary N) is 1. The molecule has 0 saturated heterocycles. The largest absolute Gasteiger partial charge is 0.494 e. The molecule has 0 fully saturated rings. The molecule has 1 aromatic rings. The predicted octanol–water partition coefficient (Wildman–Crippen LogP) is 2.48. The van der Waals surface area contributed by atoms with Gasteiger partial charge in [0.25, 0.3) is 0 Å². The number of rotatable bonds is 5. The van der Waals surface area contributed by atoms with E-state index in [2.05, 4.69) is 6.92 Å². The molecule has 2 N–H and O–H groups in total. The maximum atomic E-state index is 11.8. The highest BCUT2D eigenvalue weighted by Crippen LogP contribution is 2.26. The zero-order valence-electron chi connectivity index (χ0n) is 10.5. The number of hydrogen-bond donors (Lipinski definition) is 1. The van der Waals surface area contributed by atoms with E-state index in [1.165, 1.54) is 7.11 Å². The van der Waals surface area contributed by atoms with E-state index in [0.29, 0.717) is 29.5 Å². The Bertz CT molecular complexity index is 390. The Morgan fingerprint density at radius 2 is 2.18 bits per heavy atom. The Labute approximate surface area is 102 Å². The van der Waals surface area contributed by atoms with Crippen LogP contribution < -0.4 is 10.5 Å². The van der Waals surface area contributed by atoms with E-state index >= 15 is 0 Å². The summed E-state index contributed by atoms with van der Waals surface area (Å²) in [5.74, 6) is 0.335. The van der Waals surface area contributed by atoms with Crippen molar-refractivity contribution >= 4 is 11.7 Å². The number of hydrogen-bond acceptors (Lipinski definition) is 4. The van der Waals surface area contributed by atoms with Crippen LogP contribution in [0.5, 0.6) is 5.75 Å². The van der Waals surface area contributed by atoms with Crippen molar-refractivity contribution in [3.63, 3.8) is 0 Å². The molecule has 0 bridgehead atoms. The second-order valence-electron chi connectivity index (χ2n) is 4.04. The number of nitrogen functional groups attached to an aromatic ring is 1. The summed E-state index contributed by atoms with van der Waals surface area (Å²) in [6, 6.07) is 5.04. The zero-order chi connectivity index (χ0) is 12.8. The highest BCUT2D eigenvalue weighted by atomic mass is 16.5. The second kappa shape index (κ2) is 6.13. The molecule has 1 aromatic carbocycles. The third kappa shape index (κ3) is 3.37. The van der Waals surface area contributed by atoms with Crippen molar-refractivity contribution in [1.29, 1.82) is 0 Å². The Kier molecular flexibility index (Phi) is 4.82. The average Bonchev–Trinajstić information content (AvgIpc) is 2.35. The van der Waals surface area contributed by atoms with Crippen molar-refractivity contribution in [2.45, 2.75) is 20.3 Å². The van der Waals surface area contributed by atoms with Gasteiger partial charge in [-0.05, 0) is 18.1 Å². The molecule has 17 heavy (non-hydrogen) atoms. The topological polar surface area (TPSA) is 61.5 Å². The fourth-order valence-corrected chi connectivity index (χ4v) is 1.36. The Morgan fingerprint density at radius 3 is 2.76 bits per heavy atom. The monoisotopic (exact) mass is 237 g/mol. The first-order valence-corrected chi connectivity index (χ1v) is 5.69. The summed E-state index contributed by atoms with van der Waals surface area (Å²) in [4.78, 5) is 11.8. The lowest BCUT2D eigenvalue weighted by atomic mass is 10.1. The quantitative estimate of drug-likeness (QED) is 0.631. The number of para-hydroxylation sites is 1. The third-order valence-electron chi connectivity index (χ3n) is 2.67. The number of carbonyl (C=O) groups is 1. The Morgan fingerprint density at radius 1 is 1.47 bits per heavy atom. The van der Waals surface area contributed by atoms with Crippen LogP contribution in [0.3, 0.4) is 0 Å². The molecule has 1 unspecified atom stereocenters. The molecule has 1 rings (SSSR count). The molecule has 0 aliphatic carbocycles. The molecule has 0 aliphatic heterocycles. The zero-order valence-corrected chi connectivity index (χ0v) is 10.5. The van der Waals surface area contributed by atoms with Gasteiger partial charge in [0.15, 0.2) is 5.75 Å². The standard InChI is InChI=1S/C13H19NO3/c1-4-9(2)8-17-13(15)10-6-5-7-11(14)12(10)16-3/h5-7,9H,4,8,14H2,1-3H3. The van der Waals surface area contributed by atoms with Gasteiger partial charge in [0.1, 0.15) is 5.56 Å². The molecular formula is C13H19NO3.